The number of nitrogens with zero attached hydrogens (tertiary/aromatic N) is 1. The molecule has 1 amide bonds. The molecular formula is C16H16Cl2N2O5S. The highest BCUT2D eigenvalue weighted by Crippen LogP contribution is 2.36. The number of hydrogen-bond donors (Lipinski definition) is 1. The predicted octanol–water partition coefficient (Wildman–Crippen LogP) is 2.69. The molecule has 2 rings (SSSR count). The van der Waals surface area contributed by atoms with Gasteiger partial charge in [-0.25, -0.2) is 8.42 Å². The smallest absolute Gasteiger partial charge is 0.264 e. The first-order chi connectivity index (χ1) is 12.2. The number of carbonyl (C=O) groups is 1. The van der Waals surface area contributed by atoms with Gasteiger partial charge in [0.05, 0.1) is 34.8 Å². The highest BCUT2D eigenvalue weighted by molar-refractivity contribution is 7.92. The fourth-order valence-electron chi connectivity index (χ4n) is 2.20. The van der Waals surface area contributed by atoms with E-state index in [-0.39, 0.29) is 26.4 Å². The number of anilines is 1. The summed E-state index contributed by atoms with van der Waals surface area (Å²) in [6.07, 6.45) is 0. The number of amides is 1. The molecule has 2 aromatic rings. The van der Waals surface area contributed by atoms with Crippen molar-refractivity contribution in [2.45, 2.75) is 4.90 Å². The third-order valence-electron chi connectivity index (χ3n) is 3.43. The molecule has 0 aromatic heterocycles. The highest BCUT2D eigenvalue weighted by Gasteiger charge is 2.29. The second-order valence-electron chi connectivity index (χ2n) is 5.09. The molecule has 0 aliphatic heterocycles. The lowest BCUT2D eigenvalue weighted by atomic mass is 10.2. The molecule has 140 valence electrons. The Hall–Kier alpha value is -2.16. The van der Waals surface area contributed by atoms with E-state index in [1.54, 1.807) is 6.07 Å². The summed E-state index contributed by atoms with van der Waals surface area (Å²) in [5.74, 6) is -0.256. The van der Waals surface area contributed by atoms with E-state index in [1.165, 1.54) is 44.6 Å². The molecule has 0 saturated heterocycles. The lowest BCUT2D eigenvalue weighted by Gasteiger charge is -2.25. The van der Waals surface area contributed by atoms with Crippen molar-refractivity contribution in [2.24, 2.45) is 5.73 Å². The van der Waals surface area contributed by atoms with Crippen LogP contribution in [0.15, 0.2) is 41.3 Å². The molecule has 26 heavy (non-hydrogen) atoms. The van der Waals surface area contributed by atoms with Crippen molar-refractivity contribution in [3.63, 3.8) is 0 Å². The number of benzene rings is 2. The van der Waals surface area contributed by atoms with E-state index in [0.29, 0.717) is 5.75 Å². The van der Waals surface area contributed by atoms with Crippen LogP contribution < -0.4 is 19.5 Å². The van der Waals surface area contributed by atoms with Gasteiger partial charge < -0.3 is 15.2 Å². The molecule has 2 aromatic carbocycles. The van der Waals surface area contributed by atoms with Crippen LogP contribution in [0.25, 0.3) is 0 Å². The van der Waals surface area contributed by atoms with E-state index in [1.807, 2.05) is 0 Å². The molecular weight excluding hydrogens is 403 g/mol. The van der Waals surface area contributed by atoms with E-state index in [2.05, 4.69) is 0 Å². The van der Waals surface area contributed by atoms with Gasteiger partial charge in [0.2, 0.25) is 5.91 Å². The molecule has 2 N–H and O–H groups in total. The van der Waals surface area contributed by atoms with E-state index in [0.717, 1.165) is 4.31 Å². The largest absolute Gasteiger partial charge is 0.497 e. The molecule has 0 unspecified atom stereocenters. The van der Waals surface area contributed by atoms with Gasteiger partial charge in [0.25, 0.3) is 10.0 Å². The third-order valence-corrected chi connectivity index (χ3v) is 5.93. The maximum atomic E-state index is 13.1. The normalized spacial score (nSPS) is 11.1. The van der Waals surface area contributed by atoms with Crippen molar-refractivity contribution in [2.75, 3.05) is 25.1 Å². The summed E-state index contributed by atoms with van der Waals surface area (Å²) < 4.78 is 37.4. The topological polar surface area (TPSA) is 98.9 Å². The van der Waals surface area contributed by atoms with Crippen LogP contribution in [0.2, 0.25) is 10.0 Å². The van der Waals surface area contributed by atoms with E-state index in [4.69, 9.17) is 38.4 Å². The SMILES string of the molecule is COc1ccc(OC)c(N(CC(N)=O)S(=O)(=O)c2ccc(Cl)c(Cl)c2)c1. The maximum absolute atomic E-state index is 13.1. The van der Waals surface area contributed by atoms with Crippen LogP contribution in [0.1, 0.15) is 0 Å². The Bertz CT molecular complexity index is 934. The minimum atomic E-state index is -4.19. The van der Waals surface area contributed by atoms with Crippen LogP contribution >= 0.6 is 23.2 Å². The first-order valence-corrected chi connectivity index (χ1v) is 9.38. The molecule has 0 aliphatic carbocycles. The van der Waals surface area contributed by atoms with Gasteiger partial charge in [-0.15, -0.1) is 0 Å². The number of ether oxygens (including phenoxy) is 2. The Labute approximate surface area is 161 Å². The quantitative estimate of drug-likeness (QED) is 0.744. The Morgan fingerprint density at radius 2 is 1.77 bits per heavy atom. The van der Waals surface area contributed by atoms with Gasteiger partial charge in [-0.1, -0.05) is 23.2 Å². The molecule has 0 bridgehead atoms. The van der Waals surface area contributed by atoms with E-state index < -0.39 is 22.5 Å². The Kier molecular flexibility index (Phi) is 6.22. The molecule has 7 nitrogen and oxygen atoms in total. The standard InChI is InChI=1S/C16H16Cl2N2O5S/c1-24-10-3-6-15(25-2)14(7-10)20(9-16(19)21)26(22,23)11-4-5-12(17)13(18)8-11/h3-8H,9H2,1-2H3,(H2,19,21). The van der Waals surface area contributed by atoms with Crippen LogP contribution in [0, 0.1) is 0 Å². The van der Waals surface area contributed by atoms with Gasteiger partial charge in [-0.2, -0.15) is 0 Å². The van der Waals surface area contributed by atoms with Gasteiger partial charge in [-0.3, -0.25) is 9.10 Å². The van der Waals surface area contributed by atoms with Crippen LogP contribution in [-0.4, -0.2) is 35.1 Å². The summed E-state index contributed by atoms with van der Waals surface area (Å²) in [6, 6.07) is 8.37. The Morgan fingerprint density at radius 3 is 2.31 bits per heavy atom. The number of halogens is 2. The first-order valence-electron chi connectivity index (χ1n) is 7.18. The van der Waals surface area contributed by atoms with Crippen molar-refractivity contribution in [1.82, 2.24) is 0 Å². The zero-order valence-electron chi connectivity index (χ0n) is 13.9. The number of methoxy groups -OCH3 is 2. The lowest BCUT2D eigenvalue weighted by molar-refractivity contribution is -0.116. The minimum Gasteiger partial charge on any atom is -0.497 e. The Balaban J connectivity index is 2.67. The summed E-state index contributed by atoms with van der Waals surface area (Å²) in [7, 11) is -1.39. The molecule has 0 saturated carbocycles. The van der Waals surface area contributed by atoms with Gasteiger partial charge in [0, 0.05) is 6.07 Å². The van der Waals surface area contributed by atoms with Crippen molar-refractivity contribution in [3.8, 4) is 11.5 Å². The van der Waals surface area contributed by atoms with Gasteiger partial charge in [-0.05, 0) is 30.3 Å². The third kappa shape index (κ3) is 4.14. The summed E-state index contributed by atoms with van der Waals surface area (Å²) in [6.45, 7) is -0.605. The van der Waals surface area contributed by atoms with E-state index in [9.17, 15) is 13.2 Å². The average molecular weight is 419 g/mol. The number of carbonyl (C=O) groups excluding carboxylic acids is 1. The van der Waals surface area contributed by atoms with Crippen molar-refractivity contribution in [3.05, 3.63) is 46.4 Å². The molecule has 0 fully saturated rings. The molecule has 0 heterocycles. The van der Waals surface area contributed by atoms with E-state index >= 15 is 0 Å². The average Bonchev–Trinajstić information content (AvgIpc) is 2.61. The molecule has 0 atom stereocenters. The summed E-state index contributed by atoms with van der Waals surface area (Å²) in [5, 5.41) is 0.260. The molecule has 0 radical (unpaired) electrons. The van der Waals surface area contributed by atoms with Crippen LogP contribution in [-0.2, 0) is 14.8 Å². The minimum absolute atomic E-state index is 0.0596. The molecule has 10 heteroatoms. The first kappa shape index (κ1) is 20.2. The second-order valence-corrected chi connectivity index (χ2v) is 7.77. The monoisotopic (exact) mass is 418 g/mol. The summed E-state index contributed by atoms with van der Waals surface area (Å²) in [4.78, 5) is 11.4. The van der Waals surface area contributed by atoms with Crippen LogP contribution in [0.3, 0.4) is 0 Å². The van der Waals surface area contributed by atoms with Crippen molar-refractivity contribution >= 4 is 44.8 Å². The Morgan fingerprint density at radius 1 is 1.08 bits per heavy atom. The highest BCUT2D eigenvalue weighted by atomic mass is 35.5. The second kappa shape index (κ2) is 8.03. The summed E-state index contributed by atoms with van der Waals surface area (Å²) >= 11 is 11.8. The number of hydrogen-bond acceptors (Lipinski definition) is 5. The lowest BCUT2D eigenvalue weighted by Crippen LogP contribution is -2.38. The fourth-order valence-corrected chi connectivity index (χ4v) is 4.02. The van der Waals surface area contributed by atoms with Crippen molar-refractivity contribution < 1.29 is 22.7 Å². The number of sulfonamides is 1. The number of rotatable bonds is 7. The molecule has 0 spiro atoms. The number of nitrogens with two attached hydrogens (primary N) is 1. The predicted molar refractivity (Wildman–Crippen MR) is 99.7 cm³/mol. The van der Waals surface area contributed by atoms with Gasteiger partial charge in [0.15, 0.2) is 0 Å². The van der Waals surface area contributed by atoms with Crippen LogP contribution in [0.4, 0.5) is 5.69 Å². The van der Waals surface area contributed by atoms with Gasteiger partial charge in [0.1, 0.15) is 18.0 Å². The van der Waals surface area contributed by atoms with Crippen molar-refractivity contribution in [1.29, 1.82) is 0 Å². The fraction of sp³-hybridized carbons (Fsp3) is 0.188. The molecule has 0 aliphatic rings. The summed E-state index contributed by atoms with van der Waals surface area (Å²) in [5.41, 5.74) is 5.35. The zero-order chi connectivity index (χ0) is 19.5. The zero-order valence-corrected chi connectivity index (χ0v) is 16.2. The van der Waals surface area contributed by atoms with Crippen LogP contribution in [0.5, 0.6) is 11.5 Å². The number of primary amides is 1. The van der Waals surface area contributed by atoms with Gasteiger partial charge >= 0.3 is 0 Å². The maximum Gasteiger partial charge on any atom is 0.264 e.